The first-order chi connectivity index (χ1) is 14.1. The van der Waals surface area contributed by atoms with Gasteiger partial charge in [0.15, 0.2) is 0 Å². The van der Waals surface area contributed by atoms with Crippen LogP contribution in [0.5, 0.6) is 0 Å². The number of anilines is 2. The van der Waals surface area contributed by atoms with Gasteiger partial charge in [-0.05, 0) is 36.4 Å². The summed E-state index contributed by atoms with van der Waals surface area (Å²) in [6, 6.07) is 23.8. The number of H-pyrrole nitrogens is 1. The molecule has 0 spiro atoms. The number of fused-ring (bicyclic) bond motifs is 1. The summed E-state index contributed by atoms with van der Waals surface area (Å²) in [5.74, 6) is -0.460. The average molecular weight is 385 g/mol. The molecule has 3 N–H and O–H groups in total. The van der Waals surface area contributed by atoms with Crippen LogP contribution < -0.4 is 10.6 Å². The molecule has 6 nitrogen and oxygen atoms in total. The molecule has 4 rings (SSSR count). The molecule has 144 valence electrons. The summed E-state index contributed by atoms with van der Waals surface area (Å²) < 4.78 is 4.71. The van der Waals surface area contributed by atoms with Crippen LogP contribution in [-0.4, -0.2) is 24.1 Å². The molecule has 3 aromatic carbocycles. The number of rotatable bonds is 4. The Morgan fingerprint density at radius 2 is 1.66 bits per heavy atom. The molecule has 0 bridgehead atoms. The zero-order valence-corrected chi connectivity index (χ0v) is 15.7. The minimum absolute atomic E-state index is 0.365. The molecule has 0 aliphatic heterocycles. The lowest BCUT2D eigenvalue weighted by atomic mass is 10.1. The summed E-state index contributed by atoms with van der Waals surface area (Å²) in [5.41, 5.74) is 4.34. The number of esters is 1. The maximum absolute atomic E-state index is 12.5. The summed E-state index contributed by atoms with van der Waals surface area (Å²) in [6.45, 7) is 0. The number of urea groups is 1. The van der Waals surface area contributed by atoms with Crippen LogP contribution in [0.1, 0.15) is 10.4 Å². The largest absolute Gasteiger partial charge is 0.465 e. The van der Waals surface area contributed by atoms with Crippen molar-refractivity contribution in [2.45, 2.75) is 0 Å². The molecule has 0 saturated carbocycles. The van der Waals surface area contributed by atoms with E-state index in [1.807, 2.05) is 54.6 Å². The maximum atomic E-state index is 12.5. The van der Waals surface area contributed by atoms with Crippen LogP contribution in [0, 0.1) is 0 Å². The van der Waals surface area contributed by atoms with E-state index in [4.69, 9.17) is 4.74 Å². The summed E-state index contributed by atoms with van der Waals surface area (Å²) in [4.78, 5) is 27.6. The van der Waals surface area contributed by atoms with E-state index in [0.717, 1.165) is 22.2 Å². The predicted octanol–water partition coefficient (Wildman–Crippen LogP) is 5.27. The SMILES string of the molecule is COC(=O)c1cccc(NC(=O)Nc2ccccc2-c2cc3ccccc3[nH]2)c1. The van der Waals surface area contributed by atoms with Crippen molar-refractivity contribution in [1.29, 1.82) is 0 Å². The Kier molecular flexibility index (Phi) is 4.99. The Morgan fingerprint density at radius 3 is 2.48 bits per heavy atom. The Labute approximate surface area is 167 Å². The van der Waals surface area contributed by atoms with Crippen LogP contribution in [0.2, 0.25) is 0 Å². The molecule has 1 aromatic heterocycles. The second kappa shape index (κ2) is 7.90. The van der Waals surface area contributed by atoms with Gasteiger partial charge in [0.1, 0.15) is 0 Å². The number of hydrogen-bond acceptors (Lipinski definition) is 3. The fourth-order valence-electron chi connectivity index (χ4n) is 3.17. The zero-order valence-electron chi connectivity index (χ0n) is 15.7. The number of hydrogen-bond donors (Lipinski definition) is 3. The number of carbonyl (C=O) groups is 2. The van der Waals surface area contributed by atoms with Gasteiger partial charge in [0.25, 0.3) is 0 Å². The van der Waals surface area contributed by atoms with E-state index in [0.29, 0.717) is 16.9 Å². The minimum atomic E-state index is -0.460. The Morgan fingerprint density at radius 1 is 0.862 bits per heavy atom. The van der Waals surface area contributed by atoms with E-state index in [1.54, 1.807) is 24.3 Å². The first-order valence-electron chi connectivity index (χ1n) is 9.07. The zero-order chi connectivity index (χ0) is 20.2. The molecule has 0 saturated heterocycles. The molecule has 2 amide bonds. The van der Waals surface area contributed by atoms with Crippen LogP contribution >= 0.6 is 0 Å². The third-order valence-electron chi connectivity index (χ3n) is 4.54. The number of aromatic nitrogens is 1. The predicted molar refractivity (Wildman–Crippen MR) is 114 cm³/mol. The van der Waals surface area contributed by atoms with Gasteiger partial charge in [-0.3, -0.25) is 0 Å². The van der Waals surface area contributed by atoms with Crippen LogP contribution in [0.15, 0.2) is 78.9 Å². The number of carbonyl (C=O) groups excluding carboxylic acids is 2. The molecule has 1 heterocycles. The minimum Gasteiger partial charge on any atom is -0.465 e. The van der Waals surface area contributed by atoms with Gasteiger partial charge in [-0.1, -0.05) is 42.5 Å². The number of amides is 2. The van der Waals surface area contributed by atoms with Crippen molar-refractivity contribution in [3.05, 3.63) is 84.4 Å². The van der Waals surface area contributed by atoms with Gasteiger partial charge in [-0.2, -0.15) is 0 Å². The summed E-state index contributed by atoms with van der Waals surface area (Å²) in [6.07, 6.45) is 0. The number of para-hydroxylation sites is 2. The number of aromatic amines is 1. The van der Waals surface area contributed by atoms with Crippen LogP contribution in [0.3, 0.4) is 0 Å². The van der Waals surface area contributed by atoms with E-state index in [9.17, 15) is 9.59 Å². The molecule has 29 heavy (non-hydrogen) atoms. The second-order valence-electron chi connectivity index (χ2n) is 6.47. The molecule has 0 unspecified atom stereocenters. The molecule has 0 aliphatic rings. The fraction of sp³-hybridized carbons (Fsp3) is 0.0435. The quantitative estimate of drug-likeness (QED) is 0.419. The van der Waals surface area contributed by atoms with Gasteiger partial charge in [0, 0.05) is 27.8 Å². The normalized spacial score (nSPS) is 10.5. The Bertz CT molecular complexity index is 1160. The number of nitrogens with one attached hydrogen (secondary N) is 3. The summed E-state index contributed by atoms with van der Waals surface area (Å²) in [7, 11) is 1.32. The van der Waals surface area contributed by atoms with Crippen molar-refractivity contribution in [2.24, 2.45) is 0 Å². The van der Waals surface area contributed by atoms with Crippen molar-refractivity contribution in [2.75, 3.05) is 17.7 Å². The number of benzene rings is 3. The van der Waals surface area contributed by atoms with Gasteiger partial charge in [-0.15, -0.1) is 0 Å². The lowest BCUT2D eigenvalue weighted by Gasteiger charge is -2.12. The van der Waals surface area contributed by atoms with Crippen molar-refractivity contribution >= 4 is 34.3 Å². The molecular weight excluding hydrogens is 366 g/mol. The molecule has 0 aliphatic carbocycles. The van der Waals surface area contributed by atoms with Crippen molar-refractivity contribution < 1.29 is 14.3 Å². The van der Waals surface area contributed by atoms with Gasteiger partial charge in [0.2, 0.25) is 0 Å². The smallest absolute Gasteiger partial charge is 0.337 e. The van der Waals surface area contributed by atoms with E-state index in [-0.39, 0.29) is 0 Å². The van der Waals surface area contributed by atoms with Crippen LogP contribution in [0.4, 0.5) is 16.2 Å². The van der Waals surface area contributed by atoms with Crippen molar-refractivity contribution in [3.63, 3.8) is 0 Å². The highest BCUT2D eigenvalue weighted by molar-refractivity contribution is 6.03. The van der Waals surface area contributed by atoms with E-state index < -0.39 is 12.0 Å². The Hall–Kier alpha value is -4.06. The maximum Gasteiger partial charge on any atom is 0.337 e. The number of methoxy groups -OCH3 is 1. The van der Waals surface area contributed by atoms with Crippen molar-refractivity contribution in [3.8, 4) is 11.3 Å². The second-order valence-corrected chi connectivity index (χ2v) is 6.47. The fourth-order valence-corrected chi connectivity index (χ4v) is 3.17. The van der Waals surface area contributed by atoms with E-state index in [1.165, 1.54) is 7.11 Å². The summed E-state index contributed by atoms with van der Waals surface area (Å²) >= 11 is 0. The monoisotopic (exact) mass is 385 g/mol. The van der Waals surface area contributed by atoms with Crippen LogP contribution in [-0.2, 0) is 4.74 Å². The van der Waals surface area contributed by atoms with Gasteiger partial charge in [0.05, 0.1) is 18.4 Å². The molecule has 0 radical (unpaired) electrons. The highest BCUT2D eigenvalue weighted by Gasteiger charge is 2.12. The molecule has 0 fully saturated rings. The topological polar surface area (TPSA) is 83.2 Å². The Balaban J connectivity index is 1.56. The third-order valence-corrected chi connectivity index (χ3v) is 4.54. The highest BCUT2D eigenvalue weighted by atomic mass is 16.5. The van der Waals surface area contributed by atoms with Gasteiger partial charge < -0.3 is 20.4 Å². The highest BCUT2D eigenvalue weighted by Crippen LogP contribution is 2.30. The lowest BCUT2D eigenvalue weighted by molar-refractivity contribution is 0.0600. The summed E-state index contributed by atoms with van der Waals surface area (Å²) in [5, 5.41) is 6.72. The molecule has 0 atom stereocenters. The first kappa shape index (κ1) is 18.3. The third kappa shape index (κ3) is 3.96. The standard InChI is InChI=1S/C23H19N3O3/c1-29-22(27)16-8-6-9-17(13-16)24-23(28)26-20-12-5-3-10-18(20)21-14-15-7-2-4-11-19(15)25-21/h2-14,25H,1H3,(H2,24,26,28). The number of ether oxygens (including phenoxy) is 1. The molecule has 4 aromatic rings. The molecule has 6 heteroatoms. The average Bonchev–Trinajstić information content (AvgIpc) is 3.17. The first-order valence-corrected chi connectivity index (χ1v) is 9.07. The van der Waals surface area contributed by atoms with E-state index in [2.05, 4.69) is 15.6 Å². The van der Waals surface area contributed by atoms with Crippen molar-refractivity contribution in [1.82, 2.24) is 4.98 Å². The van der Waals surface area contributed by atoms with Gasteiger partial charge in [-0.25, -0.2) is 9.59 Å². The van der Waals surface area contributed by atoms with E-state index >= 15 is 0 Å². The lowest BCUT2D eigenvalue weighted by Crippen LogP contribution is -2.20. The van der Waals surface area contributed by atoms with Crippen LogP contribution in [0.25, 0.3) is 22.2 Å². The molecular formula is C23H19N3O3. The van der Waals surface area contributed by atoms with Gasteiger partial charge >= 0.3 is 12.0 Å².